The predicted octanol–water partition coefficient (Wildman–Crippen LogP) is 4.08. The van der Waals surface area contributed by atoms with Gasteiger partial charge in [-0.2, -0.15) is 0 Å². The molecular weight excluding hydrogens is 627 g/mol. The molecule has 42 heavy (non-hydrogen) atoms. The van der Waals surface area contributed by atoms with Crippen molar-refractivity contribution in [3.8, 4) is 11.5 Å². The summed E-state index contributed by atoms with van der Waals surface area (Å²) < 4.78 is 38.7. The molecule has 1 N–H and O–H groups in total. The summed E-state index contributed by atoms with van der Waals surface area (Å²) >= 11 is 17.3. The number of halogens is 3. The number of fused-ring (bicyclic) bond motifs is 1. The van der Waals surface area contributed by atoms with Crippen LogP contribution in [0, 0.1) is 0 Å². The minimum absolute atomic E-state index is 0.0732. The van der Waals surface area contributed by atoms with Gasteiger partial charge in [0.1, 0.15) is 11.5 Å². The standard InChI is InChI=1S/C28H31Cl3N4O6S/c1-18(36)32-17-27(8-9-27)22-16-35(23-6-4-19(40-2)14-21(22)23)42(38,39)20-5-7-25(41-3)24(15-20)33-10-12-34(13-11-33)26(37)28(29,30)31/h4-7,14-16H,8-13,17H2,1-3H3,(H,32,36). The number of methoxy groups -OCH3 is 2. The third-order valence-corrected chi connectivity index (χ3v) is 10.1. The normalized spacial score (nSPS) is 16.8. The van der Waals surface area contributed by atoms with Crippen molar-refractivity contribution in [2.75, 3.05) is 51.8 Å². The molecule has 3 aromatic rings. The zero-order valence-electron chi connectivity index (χ0n) is 23.3. The molecule has 1 aromatic heterocycles. The Hall–Kier alpha value is -2.86. The van der Waals surface area contributed by atoms with Crippen molar-refractivity contribution >= 4 is 73.2 Å². The molecule has 1 saturated carbocycles. The molecule has 226 valence electrons. The number of alkyl halides is 3. The molecule has 10 nitrogen and oxygen atoms in total. The van der Waals surface area contributed by atoms with E-state index < -0.39 is 19.7 Å². The van der Waals surface area contributed by atoms with Gasteiger partial charge < -0.3 is 24.6 Å². The molecule has 5 rings (SSSR count). The van der Waals surface area contributed by atoms with Crippen LogP contribution in [-0.4, -0.2) is 79.8 Å². The van der Waals surface area contributed by atoms with Crippen LogP contribution in [0.2, 0.25) is 0 Å². The number of amides is 2. The highest BCUT2D eigenvalue weighted by Gasteiger charge is 2.47. The summed E-state index contributed by atoms with van der Waals surface area (Å²) in [6, 6.07) is 10.0. The molecule has 2 amide bonds. The summed E-state index contributed by atoms with van der Waals surface area (Å²) in [5.41, 5.74) is 1.57. The first-order valence-corrected chi connectivity index (χ1v) is 15.9. The monoisotopic (exact) mass is 656 g/mol. The minimum Gasteiger partial charge on any atom is -0.497 e. The summed E-state index contributed by atoms with van der Waals surface area (Å²) in [7, 11) is -0.995. The third-order valence-electron chi connectivity index (χ3n) is 7.94. The molecule has 2 aliphatic rings. The van der Waals surface area contributed by atoms with Gasteiger partial charge >= 0.3 is 0 Å². The molecule has 2 fully saturated rings. The minimum atomic E-state index is -4.07. The van der Waals surface area contributed by atoms with Crippen molar-refractivity contribution in [3.63, 3.8) is 0 Å². The first kappa shape index (κ1) is 30.6. The SMILES string of the molecule is COc1ccc2c(c1)c(C1(CNC(C)=O)CC1)cn2S(=O)(=O)c1ccc(OC)c(N2CCN(C(=O)C(Cl)(Cl)Cl)CC2)c1. The Morgan fingerprint density at radius 3 is 2.26 bits per heavy atom. The maximum absolute atomic E-state index is 14.2. The van der Waals surface area contributed by atoms with Gasteiger partial charge in [-0.1, -0.05) is 34.8 Å². The summed E-state index contributed by atoms with van der Waals surface area (Å²) in [6.45, 7) is 3.22. The van der Waals surface area contributed by atoms with Crippen LogP contribution in [-0.2, 0) is 25.0 Å². The fraction of sp³-hybridized carbons (Fsp3) is 0.429. The van der Waals surface area contributed by atoms with E-state index in [2.05, 4.69) is 5.32 Å². The van der Waals surface area contributed by atoms with Gasteiger partial charge in [0, 0.05) is 56.6 Å². The topological polar surface area (TPSA) is 110 Å². The van der Waals surface area contributed by atoms with Crippen LogP contribution in [0.1, 0.15) is 25.3 Å². The van der Waals surface area contributed by atoms with E-state index >= 15 is 0 Å². The van der Waals surface area contributed by atoms with Gasteiger partial charge in [0.05, 0.1) is 30.3 Å². The number of hydrogen-bond donors (Lipinski definition) is 1. The smallest absolute Gasteiger partial charge is 0.274 e. The van der Waals surface area contributed by atoms with Crippen LogP contribution < -0.4 is 19.7 Å². The van der Waals surface area contributed by atoms with Gasteiger partial charge in [-0.3, -0.25) is 9.59 Å². The second-order valence-electron chi connectivity index (χ2n) is 10.5. The zero-order chi connectivity index (χ0) is 30.4. The van der Waals surface area contributed by atoms with Crippen molar-refractivity contribution in [1.82, 2.24) is 14.2 Å². The number of carbonyl (C=O) groups excluding carboxylic acids is 2. The highest BCUT2D eigenvalue weighted by Crippen LogP contribution is 2.51. The summed E-state index contributed by atoms with van der Waals surface area (Å²) in [5.74, 6) is 0.353. The lowest BCUT2D eigenvalue weighted by molar-refractivity contribution is -0.130. The maximum Gasteiger partial charge on any atom is 0.274 e. The molecular formula is C28H31Cl3N4O6S. The molecule has 0 bridgehead atoms. The molecule has 2 heterocycles. The third kappa shape index (κ3) is 5.71. The lowest BCUT2D eigenvalue weighted by Gasteiger charge is -2.37. The van der Waals surface area contributed by atoms with Crippen LogP contribution in [0.5, 0.6) is 11.5 Å². The van der Waals surface area contributed by atoms with E-state index in [0.717, 1.165) is 23.8 Å². The number of carbonyl (C=O) groups is 2. The number of anilines is 1. The number of ether oxygens (including phenoxy) is 2. The molecule has 0 atom stereocenters. The fourth-order valence-electron chi connectivity index (χ4n) is 5.43. The number of nitrogens with one attached hydrogen (secondary N) is 1. The molecule has 0 unspecified atom stereocenters. The zero-order valence-corrected chi connectivity index (χ0v) is 26.4. The van der Waals surface area contributed by atoms with E-state index in [1.807, 2.05) is 11.0 Å². The largest absolute Gasteiger partial charge is 0.497 e. The Kier molecular flexibility index (Phi) is 8.25. The number of piperazine rings is 1. The van der Waals surface area contributed by atoms with Gasteiger partial charge in [0.2, 0.25) is 5.91 Å². The highest BCUT2D eigenvalue weighted by molar-refractivity contribution is 7.90. The van der Waals surface area contributed by atoms with E-state index in [0.29, 0.717) is 42.3 Å². The molecule has 2 aromatic carbocycles. The highest BCUT2D eigenvalue weighted by atomic mass is 35.6. The molecule has 1 saturated heterocycles. The molecule has 0 spiro atoms. The van der Waals surface area contributed by atoms with E-state index in [-0.39, 0.29) is 29.3 Å². The number of hydrogen-bond acceptors (Lipinski definition) is 7. The summed E-state index contributed by atoms with van der Waals surface area (Å²) in [6.07, 6.45) is 3.31. The number of benzene rings is 2. The predicted molar refractivity (Wildman–Crippen MR) is 163 cm³/mol. The first-order chi connectivity index (χ1) is 19.8. The van der Waals surface area contributed by atoms with Gasteiger partial charge in [-0.15, -0.1) is 0 Å². The quantitative estimate of drug-likeness (QED) is 0.364. The Labute approximate surface area is 259 Å². The van der Waals surface area contributed by atoms with Crippen LogP contribution in [0.3, 0.4) is 0 Å². The summed E-state index contributed by atoms with van der Waals surface area (Å²) in [5, 5.41) is 3.65. The first-order valence-electron chi connectivity index (χ1n) is 13.3. The summed E-state index contributed by atoms with van der Waals surface area (Å²) in [4.78, 5) is 27.6. The van der Waals surface area contributed by atoms with Crippen molar-refractivity contribution in [3.05, 3.63) is 48.2 Å². The average molecular weight is 658 g/mol. The Morgan fingerprint density at radius 2 is 1.69 bits per heavy atom. The van der Waals surface area contributed by atoms with Crippen LogP contribution in [0.15, 0.2) is 47.5 Å². The second-order valence-corrected chi connectivity index (χ2v) is 14.6. The van der Waals surface area contributed by atoms with Crippen LogP contribution >= 0.6 is 34.8 Å². The van der Waals surface area contributed by atoms with Gasteiger partial charge in [0.25, 0.3) is 19.7 Å². The average Bonchev–Trinajstić information content (AvgIpc) is 3.66. The Bertz CT molecular complexity index is 1640. The van der Waals surface area contributed by atoms with Gasteiger partial charge in [0.15, 0.2) is 0 Å². The second kappa shape index (κ2) is 11.3. The van der Waals surface area contributed by atoms with E-state index in [4.69, 9.17) is 44.3 Å². The van der Waals surface area contributed by atoms with Crippen molar-refractivity contribution in [2.45, 2.75) is 33.9 Å². The number of nitrogens with zero attached hydrogens (tertiary/aromatic N) is 3. The van der Waals surface area contributed by atoms with Gasteiger partial charge in [-0.25, -0.2) is 12.4 Å². The molecule has 1 aliphatic carbocycles. The van der Waals surface area contributed by atoms with Gasteiger partial charge in [-0.05, 0) is 54.8 Å². The molecule has 14 heteroatoms. The van der Waals surface area contributed by atoms with Crippen molar-refractivity contribution in [1.29, 1.82) is 0 Å². The molecule has 1 aliphatic heterocycles. The Balaban J connectivity index is 1.52. The number of aromatic nitrogens is 1. The lowest BCUT2D eigenvalue weighted by atomic mass is 9.95. The van der Waals surface area contributed by atoms with Crippen molar-refractivity contribution in [2.24, 2.45) is 0 Å². The van der Waals surface area contributed by atoms with Crippen LogP contribution in [0.4, 0.5) is 5.69 Å². The fourth-order valence-corrected chi connectivity index (χ4v) is 7.18. The molecule has 0 radical (unpaired) electrons. The van der Waals surface area contributed by atoms with E-state index in [9.17, 15) is 18.0 Å². The van der Waals surface area contributed by atoms with Crippen molar-refractivity contribution < 1.29 is 27.5 Å². The van der Waals surface area contributed by atoms with E-state index in [1.54, 1.807) is 37.6 Å². The van der Waals surface area contributed by atoms with Crippen LogP contribution in [0.25, 0.3) is 10.9 Å². The Morgan fingerprint density at radius 1 is 1.00 bits per heavy atom. The lowest BCUT2D eigenvalue weighted by Crippen LogP contribution is -2.51. The maximum atomic E-state index is 14.2. The van der Waals surface area contributed by atoms with E-state index in [1.165, 1.54) is 29.0 Å². The number of rotatable bonds is 8.